The summed E-state index contributed by atoms with van der Waals surface area (Å²) in [5, 5.41) is 9.15. The van der Waals surface area contributed by atoms with E-state index in [1.165, 1.54) is 0 Å². The maximum atomic E-state index is 13.0. The van der Waals surface area contributed by atoms with Gasteiger partial charge in [0.2, 0.25) is 5.91 Å². The summed E-state index contributed by atoms with van der Waals surface area (Å²) in [4.78, 5) is 33.4. The second-order valence-electron chi connectivity index (χ2n) is 8.28. The smallest absolute Gasteiger partial charge is 0.345 e. The van der Waals surface area contributed by atoms with Crippen molar-refractivity contribution in [2.24, 2.45) is 0 Å². The number of fused-ring (bicyclic) bond motifs is 1. The molecular formula is C25H23F3N6O2. The molecule has 36 heavy (non-hydrogen) atoms. The van der Waals surface area contributed by atoms with E-state index in [2.05, 4.69) is 25.7 Å². The number of para-hydroxylation sites is 1. The number of hydrogen-bond acceptors (Lipinski definition) is 5. The maximum absolute atomic E-state index is 13.0. The highest BCUT2D eigenvalue weighted by Gasteiger charge is 2.37. The lowest BCUT2D eigenvalue weighted by Gasteiger charge is -2.17. The molecular weight excluding hydrogens is 473 g/mol. The number of hydrogen-bond donors (Lipinski definition) is 2. The van der Waals surface area contributed by atoms with Crippen LogP contribution in [-0.4, -0.2) is 31.4 Å². The standard InChI is InChI=1S/C25H23F3N6O2/c1-14(17-9-5-4-6-10-17)29-22(36)18-11-7-8-12-20(18)31-21(35)13-19-15(2)30-24-32-23(25(26,27)28)33-34(24)16(19)3/h4-12,14H,13H2,1-3H3,(H,29,36)(H,31,35). The Hall–Kier alpha value is -4.28. The molecule has 0 bridgehead atoms. The van der Waals surface area contributed by atoms with Gasteiger partial charge in [-0.3, -0.25) is 9.59 Å². The van der Waals surface area contributed by atoms with Gasteiger partial charge in [0.25, 0.3) is 17.5 Å². The molecule has 4 aromatic rings. The van der Waals surface area contributed by atoms with Gasteiger partial charge in [0.15, 0.2) is 0 Å². The molecule has 0 spiro atoms. The number of nitrogens with zero attached hydrogens (tertiary/aromatic N) is 4. The second-order valence-corrected chi connectivity index (χ2v) is 8.28. The quantitative estimate of drug-likeness (QED) is 0.411. The number of rotatable bonds is 6. The van der Waals surface area contributed by atoms with Crippen molar-refractivity contribution in [3.05, 3.63) is 88.5 Å². The van der Waals surface area contributed by atoms with Crippen LogP contribution in [-0.2, 0) is 17.4 Å². The molecule has 0 aliphatic carbocycles. The molecule has 0 saturated carbocycles. The molecule has 2 aromatic heterocycles. The number of carbonyl (C=O) groups excluding carboxylic acids is 2. The SMILES string of the molecule is Cc1nc2nc(C(F)(F)F)nn2c(C)c1CC(=O)Nc1ccccc1C(=O)NC(C)c1ccccc1. The number of anilines is 1. The van der Waals surface area contributed by atoms with Crippen LogP contribution in [0.3, 0.4) is 0 Å². The topological polar surface area (TPSA) is 101 Å². The van der Waals surface area contributed by atoms with Crippen LogP contribution in [0.1, 0.15) is 51.7 Å². The van der Waals surface area contributed by atoms with E-state index >= 15 is 0 Å². The zero-order valence-electron chi connectivity index (χ0n) is 19.7. The highest BCUT2D eigenvalue weighted by molar-refractivity contribution is 6.04. The molecule has 8 nitrogen and oxygen atoms in total. The zero-order chi connectivity index (χ0) is 26.0. The molecule has 2 aromatic carbocycles. The molecule has 2 heterocycles. The first-order chi connectivity index (χ1) is 17.0. The van der Waals surface area contributed by atoms with Crippen molar-refractivity contribution < 1.29 is 22.8 Å². The van der Waals surface area contributed by atoms with Gasteiger partial charge in [0.05, 0.1) is 23.7 Å². The van der Waals surface area contributed by atoms with Gasteiger partial charge in [-0.2, -0.15) is 18.2 Å². The van der Waals surface area contributed by atoms with E-state index in [0.29, 0.717) is 22.6 Å². The van der Waals surface area contributed by atoms with Crippen LogP contribution >= 0.6 is 0 Å². The van der Waals surface area contributed by atoms with Crippen LogP contribution in [0.5, 0.6) is 0 Å². The molecule has 0 aliphatic heterocycles. The molecule has 2 amide bonds. The fraction of sp³-hybridized carbons (Fsp3) is 0.240. The Balaban J connectivity index is 1.53. The summed E-state index contributed by atoms with van der Waals surface area (Å²) in [6.45, 7) is 4.99. The van der Waals surface area contributed by atoms with Crippen LogP contribution < -0.4 is 10.6 Å². The van der Waals surface area contributed by atoms with E-state index in [1.54, 1.807) is 38.1 Å². The minimum Gasteiger partial charge on any atom is -0.345 e. The third-order valence-corrected chi connectivity index (χ3v) is 5.73. The monoisotopic (exact) mass is 496 g/mol. The van der Waals surface area contributed by atoms with Gasteiger partial charge in [0, 0.05) is 17.0 Å². The van der Waals surface area contributed by atoms with E-state index in [4.69, 9.17) is 0 Å². The fourth-order valence-electron chi connectivity index (χ4n) is 3.83. The first kappa shape index (κ1) is 24.8. The molecule has 4 rings (SSSR count). The molecule has 2 N–H and O–H groups in total. The van der Waals surface area contributed by atoms with Gasteiger partial charge in [-0.15, -0.1) is 5.10 Å². The number of amides is 2. The van der Waals surface area contributed by atoms with Gasteiger partial charge in [-0.05, 0) is 38.5 Å². The predicted octanol–water partition coefficient (Wildman–Crippen LogP) is 4.43. The normalized spacial score (nSPS) is 12.4. The van der Waals surface area contributed by atoms with Gasteiger partial charge in [0.1, 0.15) is 0 Å². The summed E-state index contributed by atoms with van der Waals surface area (Å²) in [7, 11) is 0. The summed E-state index contributed by atoms with van der Waals surface area (Å²) in [5.41, 5.74) is 2.62. The number of aromatic nitrogens is 4. The summed E-state index contributed by atoms with van der Waals surface area (Å²) in [6.07, 6.45) is -4.90. The highest BCUT2D eigenvalue weighted by Crippen LogP contribution is 2.27. The Morgan fingerprint density at radius 1 is 1.00 bits per heavy atom. The number of carbonyl (C=O) groups is 2. The number of benzene rings is 2. The first-order valence-corrected chi connectivity index (χ1v) is 11.1. The van der Waals surface area contributed by atoms with Crippen LogP contribution in [0.4, 0.5) is 18.9 Å². The third-order valence-electron chi connectivity index (χ3n) is 5.73. The highest BCUT2D eigenvalue weighted by atomic mass is 19.4. The number of aryl methyl sites for hydroxylation is 2. The van der Waals surface area contributed by atoms with Crippen molar-refractivity contribution in [3.63, 3.8) is 0 Å². The van der Waals surface area contributed by atoms with Gasteiger partial charge < -0.3 is 10.6 Å². The second kappa shape index (κ2) is 9.76. The Labute approximate surface area is 204 Å². The first-order valence-electron chi connectivity index (χ1n) is 11.1. The zero-order valence-corrected chi connectivity index (χ0v) is 19.7. The molecule has 11 heteroatoms. The lowest BCUT2D eigenvalue weighted by Crippen LogP contribution is -2.28. The Morgan fingerprint density at radius 3 is 2.36 bits per heavy atom. The van der Waals surface area contributed by atoms with Crippen LogP contribution in [0, 0.1) is 13.8 Å². The van der Waals surface area contributed by atoms with Crippen molar-refractivity contribution in [2.75, 3.05) is 5.32 Å². The average molecular weight is 496 g/mol. The van der Waals surface area contributed by atoms with Gasteiger partial charge in [-0.25, -0.2) is 9.50 Å². The van der Waals surface area contributed by atoms with E-state index in [9.17, 15) is 22.8 Å². The minimum atomic E-state index is -4.71. The largest absolute Gasteiger partial charge is 0.453 e. The number of alkyl halides is 3. The molecule has 1 unspecified atom stereocenters. The van der Waals surface area contributed by atoms with Gasteiger partial charge >= 0.3 is 6.18 Å². The van der Waals surface area contributed by atoms with Crippen LogP contribution in [0.2, 0.25) is 0 Å². The Morgan fingerprint density at radius 2 is 1.67 bits per heavy atom. The Bertz CT molecular complexity index is 1430. The molecule has 0 aliphatic rings. The molecule has 0 fully saturated rings. The predicted molar refractivity (Wildman–Crippen MR) is 126 cm³/mol. The van der Waals surface area contributed by atoms with Gasteiger partial charge in [-0.1, -0.05) is 42.5 Å². The third kappa shape index (κ3) is 5.19. The van der Waals surface area contributed by atoms with Crippen molar-refractivity contribution in [1.82, 2.24) is 24.9 Å². The van der Waals surface area contributed by atoms with Crippen molar-refractivity contribution in [2.45, 2.75) is 39.4 Å². The van der Waals surface area contributed by atoms with E-state index < -0.39 is 17.9 Å². The van der Waals surface area contributed by atoms with Crippen molar-refractivity contribution >= 4 is 23.3 Å². The van der Waals surface area contributed by atoms with Crippen LogP contribution in [0.25, 0.3) is 5.78 Å². The van der Waals surface area contributed by atoms with Crippen molar-refractivity contribution in [1.29, 1.82) is 0 Å². The van der Waals surface area contributed by atoms with E-state index in [-0.39, 0.29) is 29.7 Å². The summed E-state index contributed by atoms with van der Waals surface area (Å²) in [6, 6.07) is 15.8. The Kier molecular flexibility index (Phi) is 6.73. The van der Waals surface area contributed by atoms with E-state index in [1.807, 2.05) is 37.3 Å². The molecule has 0 radical (unpaired) electrons. The average Bonchev–Trinajstić information content (AvgIpc) is 3.27. The van der Waals surface area contributed by atoms with E-state index in [0.717, 1.165) is 10.1 Å². The lowest BCUT2D eigenvalue weighted by molar-refractivity contribution is -0.144. The summed E-state index contributed by atoms with van der Waals surface area (Å²) >= 11 is 0. The lowest BCUT2D eigenvalue weighted by atomic mass is 10.1. The molecule has 1 atom stereocenters. The maximum Gasteiger partial charge on any atom is 0.453 e. The molecule has 0 saturated heterocycles. The number of nitrogens with one attached hydrogen (secondary N) is 2. The summed E-state index contributed by atoms with van der Waals surface area (Å²) in [5.74, 6) is -2.32. The molecule has 186 valence electrons. The number of halogens is 3. The summed E-state index contributed by atoms with van der Waals surface area (Å²) < 4.78 is 40.1. The van der Waals surface area contributed by atoms with Crippen molar-refractivity contribution in [3.8, 4) is 0 Å². The van der Waals surface area contributed by atoms with Crippen LogP contribution in [0.15, 0.2) is 54.6 Å². The fourth-order valence-corrected chi connectivity index (χ4v) is 3.83. The minimum absolute atomic E-state index is 0.182.